The molecule has 3 nitrogen and oxygen atoms in total. The van der Waals surface area contributed by atoms with E-state index in [0.29, 0.717) is 0 Å². The third-order valence-electron chi connectivity index (χ3n) is 17.4. The van der Waals surface area contributed by atoms with Crippen LogP contribution in [0.1, 0.15) is 158 Å². The fourth-order valence-electron chi connectivity index (χ4n) is 12.6. The van der Waals surface area contributed by atoms with Gasteiger partial charge in [0, 0.05) is 43.1 Å². The lowest BCUT2D eigenvalue weighted by Crippen LogP contribution is -2.16. The molecule has 0 unspecified atom stereocenters. The molecule has 0 aliphatic carbocycles. The number of benzene rings is 8. The maximum atomic E-state index is 7.14. The van der Waals surface area contributed by atoms with Crippen LogP contribution in [0.25, 0.3) is 121 Å². The zero-order valence-electron chi connectivity index (χ0n) is 49.0. The lowest BCUT2D eigenvalue weighted by Gasteiger charge is -2.26. The average Bonchev–Trinajstić information content (AvgIpc) is 3.94. The van der Waals surface area contributed by atoms with Crippen LogP contribution in [0.3, 0.4) is 0 Å². The molecule has 0 saturated carbocycles. The summed E-state index contributed by atoms with van der Waals surface area (Å²) in [5.41, 5.74) is 23.5. The Bertz CT molecular complexity index is 4500. The Labute approximate surface area is 455 Å². The molecule has 0 aliphatic rings. The highest BCUT2D eigenvalue weighted by Gasteiger charge is 2.31. The van der Waals surface area contributed by atoms with Crippen molar-refractivity contribution in [2.75, 3.05) is 0 Å². The number of hydrogen-bond acceptors (Lipinski definition) is 1. The first kappa shape index (κ1) is 49.5. The minimum atomic E-state index is -0.0221. The van der Waals surface area contributed by atoms with E-state index in [9.17, 15) is 0 Å². The van der Waals surface area contributed by atoms with Crippen LogP contribution in [0.5, 0.6) is 0 Å². The van der Waals surface area contributed by atoms with Gasteiger partial charge in [0.05, 0.1) is 33.0 Å². The van der Waals surface area contributed by atoms with Gasteiger partial charge in [-0.2, -0.15) is 0 Å². The van der Waals surface area contributed by atoms with Gasteiger partial charge in [0.2, 0.25) is 5.71 Å². The van der Waals surface area contributed by atoms with Crippen LogP contribution in [0.15, 0.2) is 138 Å². The van der Waals surface area contributed by atoms with Gasteiger partial charge >= 0.3 is 0 Å². The van der Waals surface area contributed by atoms with Crippen molar-refractivity contribution in [1.82, 2.24) is 8.80 Å². The van der Waals surface area contributed by atoms with Gasteiger partial charge in [-0.15, -0.1) is 0 Å². The Morgan fingerprint density at radius 2 is 0.623 bits per heavy atom. The molecule has 0 radical (unpaired) electrons. The van der Waals surface area contributed by atoms with Gasteiger partial charge in [-0.1, -0.05) is 216 Å². The Morgan fingerprint density at radius 3 is 1.06 bits per heavy atom. The van der Waals surface area contributed by atoms with Crippen molar-refractivity contribution in [2.45, 2.75) is 157 Å². The normalized spacial score (nSPS) is 13.8. The SMILES string of the molecule is CC(C)(C)c1cc(-c2ccc3c(c2)c2cc(-c4cc(C(C)(C)C)cc(C(C)(C)C)c4)cc4c5ccc6c7cc(-c8cc(C(C)(C)C)cc(C(C)(C)C)c8)cc8c9c%10ccccc%10oc9n(c78)c6c5n3c24)cc(C(C)(C)C)c1. The van der Waals surface area contributed by atoms with Crippen LogP contribution in [-0.2, 0) is 32.5 Å². The van der Waals surface area contributed by atoms with E-state index in [1.54, 1.807) is 0 Å². The quantitative estimate of drug-likeness (QED) is 0.173. The number of para-hydroxylation sites is 1. The third kappa shape index (κ3) is 7.56. The summed E-state index contributed by atoms with van der Waals surface area (Å²) >= 11 is 0. The van der Waals surface area contributed by atoms with E-state index in [1.807, 2.05) is 0 Å². The molecule has 0 atom stereocenters. The van der Waals surface area contributed by atoms with E-state index < -0.39 is 0 Å². The molecule has 0 spiro atoms. The summed E-state index contributed by atoms with van der Waals surface area (Å²) in [7, 11) is 0. The molecule has 0 bridgehead atoms. The number of nitrogens with zero attached hydrogens (tertiary/aromatic N) is 2. The smallest absolute Gasteiger partial charge is 0.213 e. The second-order valence-electron chi connectivity index (χ2n) is 29.3. The van der Waals surface area contributed by atoms with Crippen molar-refractivity contribution < 1.29 is 4.42 Å². The van der Waals surface area contributed by atoms with Gasteiger partial charge in [0.15, 0.2) is 0 Å². The molecule has 0 aliphatic heterocycles. The van der Waals surface area contributed by atoms with Crippen LogP contribution >= 0.6 is 0 Å². The zero-order valence-corrected chi connectivity index (χ0v) is 49.0. The van der Waals surface area contributed by atoms with Crippen molar-refractivity contribution in [3.63, 3.8) is 0 Å². The maximum Gasteiger partial charge on any atom is 0.213 e. The van der Waals surface area contributed by atoms with E-state index in [2.05, 4.69) is 267 Å². The van der Waals surface area contributed by atoms with Crippen LogP contribution in [0.2, 0.25) is 0 Å². The molecule has 5 heterocycles. The number of rotatable bonds is 3. The lowest BCUT2D eigenvalue weighted by atomic mass is 9.78. The first-order valence-corrected chi connectivity index (χ1v) is 28.2. The Balaban J connectivity index is 1.19. The second kappa shape index (κ2) is 15.8. The summed E-state index contributed by atoms with van der Waals surface area (Å²) in [5.74, 6) is 0. The standard InChI is InChI=1S/C74H76N2O/c1-69(2,3)47-27-42(28-48(38-47)70(4,5)6)41-23-26-61-56(33-41)59-36-45(43-29-49(71(7,8)9)39-50(30-43)72(10,11)12)34-57-53-24-25-54-58-35-46(44-31-51(73(13,14)15)40-52(32-44)74(16,17)18)37-60-63-55-21-19-20-22-62(55)77-68(63)76(65(58)60)67(54)66(53)75(61)64(57)59/h19-40H,1-18H3. The van der Waals surface area contributed by atoms with E-state index in [4.69, 9.17) is 4.42 Å². The molecule has 13 rings (SSSR count). The van der Waals surface area contributed by atoms with Crippen LogP contribution in [-0.4, -0.2) is 8.80 Å². The summed E-state index contributed by atoms with van der Waals surface area (Å²) in [6, 6.07) is 52.7. The van der Waals surface area contributed by atoms with Crippen LogP contribution < -0.4 is 0 Å². The Morgan fingerprint density at radius 1 is 0.273 bits per heavy atom. The van der Waals surface area contributed by atoms with Crippen molar-refractivity contribution in [3.8, 4) is 33.4 Å². The second-order valence-corrected chi connectivity index (χ2v) is 29.3. The monoisotopic (exact) mass is 1010 g/mol. The topological polar surface area (TPSA) is 22.0 Å². The fourth-order valence-corrected chi connectivity index (χ4v) is 12.6. The molecule has 5 aromatic heterocycles. The molecular weight excluding hydrogens is 933 g/mol. The minimum Gasteiger partial charge on any atom is -0.439 e. The average molecular weight is 1010 g/mol. The molecule has 0 amide bonds. The summed E-state index contributed by atoms with van der Waals surface area (Å²) in [4.78, 5) is 0. The fraction of sp³-hybridized carbons (Fsp3) is 0.324. The van der Waals surface area contributed by atoms with Crippen LogP contribution in [0, 0.1) is 0 Å². The summed E-state index contributed by atoms with van der Waals surface area (Å²) in [6.45, 7) is 42.1. The number of fused-ring (bicyclic) bond motifs is 15. The molecular formula is C74H76N2O. The van der Waals surface area contributed by atoms with Crippen molar-refractivity contribution in [1.29, 1.82) is 0 Å². The highest BCUT2D eigenvalue weighted by molar-refractivity contribution is 6.34. The first-order chi connectivity index (χ1) is 35.9. The Kier molecular flexibility index (Phi) is 10.1. The number of aromatic nitrogens is 2. The molecule has 13 aromatic rings. The summed E-state index contributed by atoms with van der Waals surface area (Å²) in [5, 5.41) is 11.1. The van der Waals surface area contributed by atoms with E-state index in [-0.39, 0.29) is 32.5 Å². The van der Waals surface area contributed by atoms with Gasteiger partial charge in [-0.25, -0.2) is 0 Å². The van der Waals surface area contributed by atoms with Crippen molar-refractivity contribution in [2.24, 2.45) is 0 Å². The molecule has 0 saturated heterocycles. The van der Waals surface area contributed by atoms with E-state index in [0.717, 1.165) is 16.7 Å². The van der Waals surface area contributed by atoms with Gasteiger partial charge < -0.3 is 8.82 Å². The highest BCUT2D eigenvalue weighted by Crippen LogP contribution is 2.51. The Hall–Kier alpha value is -7.10. The zero-order chi connectivity index (χ0) is 54.6. The van der Waals surface area contributed by atoms with Gasteiger partial charge in [0.25, 0.3) is 0 Å². The maximum absolute atomic E-state index is 7.14. The summed E-state index contributed by atoms with van der Waals surface area (Å²) < 4.78 is 12.3. The number of furan rings is 1. The summed E-state index contributed by atoms with van der Waals surface area (Å²) in [6.07, 6.45) is 0. The van der Waals surface area contributed by atoms with E-state index in [1.165, 1.54) is 137 Å². The van der Waals surface area contributed by atoms with Crippen LogP contribution in [0.4, 0.5) is 0 Å². The molecule has 0 N–H and O–H groups in total. The number of hydrogen-bond donors (Lipinski definition) is 0. The molecule has 0 fully saturated rings. The molecule has 3 heteroatoms. The third-order valence-corrected chi connectivity index (χ3v) is 17.4. The molecule has 77 heavy (non-hydrogen) atoms. The van der Waals surface area contributed by atoms with E-state index >= 15 is 0 Å². The molecule has 388 valence electrons. The molecule has 8 aromatic carbocycles. The minimum absolute atomic E-state index is 0.00230. The van der Waals surface area contributed by atoms with Gasteiger partial charge in [0.1, 0.15) is 5.58 Å². The first-order valence-electron chi connectivity index (χ1n) is 28.2. The van der Waals surface area contributed by atoms with Crippen molar-refractivity contribution >= 4 is 87.4 Å². The van der Waals surface area contributed by atoms with Gasteiger partial charge in [-0.3, -0.25) is 4.40 Å². The van der Waals surface area contributed by atoms with Crippen molar-refractivity contribution in [3.05, 3.63) is 167 Å². The highest BCUT2D eigenvalue weighted by atomic mass is 16.3. The van der Waals surface area contributed by atoms with Gasteiger partial charge in [-0.05, 0) is 142 Å². The largest absolute Gasteiger partial charge is 0.439 e. The predicted molar refractivity (Wildman–Crippen MR) is 334 cm³/mol. The predicted octanol–water partition coefficient (Wildman–Crippen LogP) is 21.5. The lowest BCUT2D eigenvalue weighted by molar-refractivity contribution is 0.568.